The summed E-state index contributed by atoms with van der Waals surface area (Å²) in [4.78, 5) is 27.5. The zero-order valence-corrected chi connectivity index (χ0v) is 19.0. The number of amides is 2. The normalized spacial score (nSPS) is 17.7. The molecule has 1 heterocycles. The van der Waals surface area contributed by atoms with Crippen molar-refractivity contribution in [1.82, 2.24) is 4.90 Å². The SMILES string of the molecule is CCOc1ccc(CC(=O)N2CCC(Cc3ccccc3-c3ccccc3)(C(N)=O)C2)cc1. The highest BCUT2D eigenvalue weighted by molar-refractivity contribution is 5.85. The lowest BCUT2D eigenvalue weighted by molar-refractivity contribution is -0.131. The summed E-state index contributed by atoms with van der Waals surface area (Å²) in [7, 11) is 0. The number of primary amides is 1. The van der Waals surface area contributed by atoms with Crippen LogP contribution in [0.15, 0.2) is 78.9 Å². The van der Waals surface area contributed by atoms with Crippen molar-refractivity contribution in [3.63, 3.8) is 0 Å². The fourth-order valence-corrected chi connectivity index (χ4v) is 4.61. The summed E-state index contributed by atoms with van der Waals surface area (Å²) < 4.78 is 5.47. The molecule has 1 saturated heterocycles. The highest BCUT2D eigenvalue weighted by atomic mass is 16.5. The molecular formula is C28H30N2O3. The maximum Gasteiger partial charge on any atom is 0.227 e. The second kappa shape index (κ2) is 9.90. The van der Waals surface area contributed by atoms with Crippen LogP contribution in [-0.4, -0.2) is 36.4 Å². The number of ether oxygens (including phenoxy) is 1. The van der Waals surface area contributed by atoms with E-state index >= 15 is 0 Å². The summed E-state index contributed by atoms with van der Waals surface area (Å²) in [5.41, 5.74) is 9.37. The summed E-state index contributed by atoms with van der Waals surface area (Å²) in [6.07, 6.45) is 1.38. The number of nitrogens with two attached hydrogens (primary N) is 1. The molecular weight excluding hydrogens is 412 g/mol. The monoisotopic (exact) mass is 442 g/mol. The highest BCUT2D eigenvalue weighted by Crippen LogP contribution is 2.37. The molecule has 170 valence electrons. The van der Waals surface area contributed by atoms with Crippen LogP contribution in [0.5, 0.6) is 5.75 Å². The van der Waals surface area contributed by atoms with E-state index in [0.717, 1.165) is 28.0 Å². The highest BCUT2D eigenvalue weighted by Gasteiger charge is 2.45. The second-order valence-electron chi connectivity index (χ2n) is 8.66. The zero-order valence-electron chi connectivity index (χ0n) is 19.0. The van der Waals surface area contributed by atoms with E-state index in [1.54, 1.807) is 4.90 Å². The van der Waals surface area contributed by atoms with E-state index in [1.165, 1.54) is 0 Å². The number of rotatable bonds is 8. The minimum atomic E-state index is -0.765. The standard InChI is InChI=1S/C28H30N2O3/c1-2-33-24-14-12-21(13-15-24)18-26(31)30-17-16-28(20-30,27(29)32)19-23-10-6-7-11-25(23)22-8-4-3-5-9-22/h3-15H,2,16-20H2,1H3,(H2,29,32). The molecule has 3 aromatic carbocycles. The minimum absolute atomic E-state index is 0.0126. The molecule has 0 aliphatic carbocycles. The van der Waals surface area contributed by atoms with Crippen molar-refractivity contribution >= 4 is 11.8 Å². The average molecular weight is 443 g/mol. The number of hydrogen-bond acceptors (Lipinski definition) is 3. The summed E-state index contributed by atoms with van der Waals surface area (Å²) in [6, 6.07) is 25.8. The maximum absolute atomic E-state index is 13.0. The van der Waals surface area contributed by atoms with Crippen molar-refractivity contribution in [2.45, 2.75) is 26.2 Å². The summed E-state index contributed by atoms with van der Waals surface area (Å²) in [5, 5.41) is 0. The summed E-state index contributed by atoms with van der Waals surface area (Å²) in [5.74, 6) is 0.458. The van der Waals surface area contributed by atoms with E-state index in [0.29, 0.717) is 39.0 Å². The van der Waals surface area contributed by atoms with Crippen molar-refractivity contribution in [3.8, 4) is 16.9 Å². The third kappa shape index (κ3) is 5.08. The Hall–Kier alpha value is -3.60. The lowest BCUT2D eigenvalue weighted by Gasteiger charge is -2.27. The molecule has 0 aromatic heterocycles. The molecule has 1 fully saturated rings. The van der Waals surface area contributed by atoms with E-state index in [-0.39, 0.29) is 11.8 Å². The van der Waals surface area contributed by atoms with Crippen molar-refractivity contribution in [3.05, 3.63) is 90.0 Å². The first-order valence-electron chi connectivity index (χ1n) is 11.4. The van der Waals surface area contributed by atoms with Gasteiger partial charge in [-0.05, 0) is 54.2 Å². The molecule has 0 radical (unpaired) electrons. The van der Waals surface area contributed by atoms with Gasteiger partial charge in [-0.3, -0.25) is 9.59 Å². The van der Waals surface area contributed by atoms with Gasteiger partial charge < -0.3 is 15.4 Å². The van der Waals surface area contributed by atoms with Gasteiger partial charge in [0.05, 0.1) is 18.4 Å². The molecule has 5 nitrogen and oxygen atoms in total. The van der Waals surface area contributed by atoms with Gasteiger partial charge in [0.1, 0.15) is 5.75 Å². The van der Waals surface area contributed by atoms with Crippen LogP contribution in [0.2, 0.25) is 0 Å². The van der Waals surface area contributed by atoms with E-state index in [4.69, 9.17) is 10.5 Å². The van der Waals surface area contributed by atoms with Gasteiger partial charge in [-0.2, -0.15) is 0 Å². The second-order valence-corrected chi connectivity index (χ2v) is 8.66. The Morgan fingerprint density at radius 2 is 1.67 bits per heavy atom. The molecule has 1 aliphatic rings. The van der Waals surface area contributed by atoms with Crippen molar-refractivity contribution in [2.75, 3.05) is 19.7 Å². The summed E-state index contributed by atoms with van der Waals surface area (Å²) in [6.45, 7) is 3.43. The first-order valence-corrected chi connectivity index (χ1v) is 11.4. The van der Waals surface area contributed by atoms with Gasteiger partial charge in [-0.15, -0.1) is 0 Å². The fourth-order valence-electron chi connectivity index (χ4n) is 4.61. The van der Waals surface area contributed by atoms with Crippen LogP contribution in [0.1, 0.15) is 24.5 Å². The predicted octanol–water partition coefficient (Wildman–Crippen LogP) is 4.24. The van der Waals surface area contributed by atoms with Crippen LogP contribution in [0.25, 0.3) is 11.1 Å². The largest absolute Gasteiger partial charge is 0.494 e. The van der Waals surface area contributed by atoms with Gasteiger partial charge in [0, 0.05) is 13.1 Å². The quantitative estimate of drug-likeness (QED) is 0.567. The van der Waals surface area contributed by atoms with Crippen LogP contribution in [0, 0.1) is 5.41 Å². The van der Waals surface area contributed by atoms with Crippen molar-refractivity contribution in [2.24, 2.45) is 11.1 Å². The molecule has 2 N–H and O–H groups in total. The van der Waals surface area contributed by atoms with Crippen LogP contribution >= 0.6 is 0 Å². The first kappa shape index (κ1) is 22.6. The molecule has 2 amide bonds. The average Bonchev–Trinajstić information content (AvgIpc) is 3.27. The number of likely N-dealkylation sites (tertiary alicyclic amines) is 1. The molecule has 4 rings (SSSR count). The topological polar surface area (TPSA) is 72.6 Å². The van der Waals surface area contributed by atoms with Gasteiger partial charge in [-0.1, -0.05) is 66.7 Å². The lowest BCUT2D eigenvalue weighted by atomic mass is 9.78. The Morgan fingerprint density at radius 3 is 2.36 bits per heavy atom. The van der Waals surface area contributed by atoms with Gasteiger partial charge in [0.15, 0.2) is 0 Å². The van der Waals surface area contributed by atoms with Gasteiger partial charge in [0.2, 0.25) is 11.8 Å². The zero-order chi connectivity index (χ0) is 23.3. The van der Waals surface area contributed by atoms with Gasteiger partial charge in [0.25, 0.3) is 0 Å². The molecule has 33 heavy (non-hydrogen) atoms. The van der Waals surface area contributed by atoms with Gasteiger partial charge in [-0.25, -0.2) is 0 Å². The van der Waals surface area contributed by atoms with Crippen LogP contribution in [-0.2, 0) is 22.4 Å². The number of hydrogen-bond donors (Lipinski definition) is 1. The molecule has 0 spiro atoms. The van der Waals surface area contributed by atoms with E-state index in [9.17, 15) is 9.59 Å². The minimum Gasteiger partial charge on any atom is -0.494 e. The number of benzene rings is 3. The van der Waals surface area contributed by atoms with E-state index in [1.807, 2.05) is 61.5 Å². The molecule has 0 bridgehead atoms. The first-order chi connectivity index (χ1) is 16.0. The van der Waals surface area contributed by atoms with Crippen LogP contribution in [0.3, 0.4) is 0 Å². The van der Waals surface area contributed by atoms with Crippen molar-refractivity contribution in [1.29, 1.82) is 0 Å². The third-order valence-electron chi connectivity index (χ3n) is 6.45. The lowest BCUT2D eigenvalue weighted by Crippen LogP contribution is -2.42. The van der Waals surface area contributed by atoms with Crippen molar-refractivity contribution < 1.29 is 14.3 Å². The molecule has 5 heteroatoms. The predicted molar refractivity (Wildman–Crippen MR) is 130 cm³/mol. The number of carbonyl (C=O) groups excluding carboxylic acids is 2. The number of nitrogens with zero attached hydrogens (tertiary/aromatic N) is 1. The van der Waals surface area contributed by atoms with E-state index in [2.05, 4.69) is 24.3 Å². The van der Waals surface area contributed by atoms with E-state index < -0.39 is 5.41 Å². The molecule has 1 atom stereocenters. The van der Waals surface area contributed by atoms with Gasteiger partial charge >= 0.3 is 0 Å². The fraction of sp³-hybridized carbons (Fsp3) is 0.286. The Kier molecular flexibility index (Phi) is 6.78. The Bertz CT molecular complexity index is 1110. The molecule has 1 aliphatic heterocycles. The Morgan fingerprint density at radius 1 is 0.970 bits per heavy atom. The molecule has 3 aromatic rings. The van der Waals surface area contributed by atoms with Crippen LogP contribution < -0.4 is 10.5 Å². The Balaban J connectivity index is 1.50. The van der Waals surface area contributed by atoms with Crippen LogP contribution in [0.4, 0.5) is 0 Å². The Labute approximate surface area is 195 Å². The summed E-state index contributed by atoms with van der Waals surface area (Å²) >= 11 is 0. The number of carbonyl (C=O) groups is 2. The molecule has 0 saturated carbocycles. The molecule has 1 unspecified atom stereocenters. The maximum atomic E-state index is 13.0. The smallest absolute Gasteiger partial charge is 0.227 e. The third-order valence-corrected chi connectivity index (χ3v) is 6.45.